The van der Waals surface area contributed by atoms with Gasteiger partial charge in [-0.05, 0) is 44.5 Å². The number of aliphatic hydroxyl groups excluding tert-OH is 4. The van der Waals surface area contributed by atoms with Crippen LogP contribution in [0.3, 0.4) is 0 Å². The number of phenolic OH excluding ortho intramolecular Hbond substituents is 2. The van der Waals surface area contributed by atoms with E-state index in [9.17, 15) is 45.0 Å². The molecule has 0 radical (unpaired) electrons. The minimum absolute atomic E-state index is 0.00902. The number of methoxy groups -OCH3 is 1. The van der Waals surface area contributed by atoms with Gasteiger partial charge in [0.2, 0.25) is 11.2 Å². The molecule has 6 N–H and O–H groups in total. The number of aromatic hydroxyl groups is 2. The van der Waals surface area contributed by atoms with Gasteiger partial charge in [0.25, 0.3) is 0 Å². The van der Waals surface area contributed by atoms with Gasteiger partial charge in [0, 0.05) is 23.6 Å². The summed E-state index contributed by atoms with van der Waals surface area (Å²) in [6.07, 6.45) is -3.54. The third-order valence-corrected chi connectivity index (χ3v) is 9.35. The van der Waals surface area contributed by atoms with Crippen LogP contribution in [0.25, 0.3) is 22.3 Å². The lowest BCUT2D eigenvalue weighted by Gasteiger charge is -2.39. The Morgan fingerprint density at radius 1 is 0.918 bits per heavy atom. The highest BCUT2D eigenvalue weighted by Gasteiger charge is 2.44. The van der Waals surface area contributed by atoms with Crippen LogP contribution in [-0.4, -0.2) is 135 Å². The molecule has 332 valence electrons. The maximum absolute atomic E-state index is 13.8. The van der Waals surface area contributed by atoms with Crippen molar-refractivity contribution in [2.75, 3.05) is 46.8 Å². The van der Waals surface area contributed by atoms with Crippen LogP contribution in [0.5, 0.6) is 23.0 Å². The molecule has 0 bridgehead atoms. The summed E-state index contributed by atoms with van der Waals surface area (Å²) >= 11 is 0. The number of aliphatic hydroxyl groups is 4. The number of fused-ring (bicyclic) bond motifs is 1. The van der Waals surface area contributed by atoms with E-state index in [0.29, 0.717) is 30.0 Å². The summed E-state index contributed by atoms with van der Waals surface area (Å²) in [5.74, 6) is -2.58. The zero-order chi connectivity index (χ0) is 44.1. The first-order valence-corrected chi connectivity index (χ1v) is 19.5. The van der Waals surface area contributed by atoms with Crippen LogP contribution in [0.15, 0.2) is 57.4 Å². The van der Waals surface area contributed by atoms with Gasteiger partial charge in [-0.3, -0.25) is 14.4 Å². The normalized spacial score (nSPS) is 18.8. The van der Waals surface area contributed by atoms with Crippen molar-refractivity contribution in [3.63, 3.8) is 0 Å². The highest BCUT2D eigenvalue weighted by atomic mass is 16.7. The molecule has 5 atom stereocenters. The van der Waals surface area contributed by atoms with E-state index in [2.05, 4.69) is 10.3 Å². The number of carbonyl (C=O) groups excluding carboxylic acids is 2. The fourth-order valence-corrected chi connectivity index (χ4v) is 6.07. The van der Waals surface area contributed by atoms with E-state index in [4.69, 9.17) is 37.6 Å². The Labute approximate surface area is 349 Å². The van der Waals surface area contributed by atoms with Gasteiger partial charge in [-0.1, -0.05) is 16.9 Å². The van der Waals surface area contributed by atoms with Crippen LogP contribution < -0.4 is 14.9 Å². The van der Waals surface area contributed by atoms with Crippen molar-refractivity contribution in [2.45, 2.75) is 83.4 Å². The zero-order valence-electron chi connectivity index (χ0n) is 33.9. The first-order valence-electron chi connectivity index (χ1n) is 19.5. The second-order valence-corrected chi connectivity index (χ2v) is 14.2. The Bertz CT molecular complexity index is 2160. The van der Waals surface area contributed by atoms with E-state index in [1.165, 1.54) is 7.11 Å². The molecule has 0 spiro atoms. The van der Waals surface area contributed by atoms with Crippen molar-refractivity contribution in [2.24, 2.45) is 0 Å². The molecule has 61 heavy (non-hydrogen) atoms. The highest BCUT2D eigenvalue weighted by Crippen LogP contribution is 2.39. The van der Waals surface area contributed by atoms with Gasteiger partial charge in [0.05, 0.1) is 78.9 Å². The zero-order valence-corrected chi connectivity index (χ0v) is 33.9. The van der Waals surface area contributed by atoms with E-state index in [1.807, 2.05) is 19.9 Å². The number of benzene rings is 2. The van der Waals surface area contributed by atoms with E-state index in [-0.39, 0.29) is 80.5 Å². The van der Waals surface area contributed by atoms with Gasteiger partial charge in [0.1, 0.15) is 58.3 Å². The van der Waals surface area contributed by atoms with Crippen molar-refractivity contribution in [3.8, 4) is 34.3 Å². The molecule has 0 aliphatic carbocycles. The van der Waals surface area contributed by atoms with Crippen LogP contribution in [-0.2, 0) is 52.8 Å². The van der Waals surface area contributed by atoms with Gasteiger partial charge in [0.15, 0.2) is 12.1 Å². The number of hydrogen-bond acceptors (Lipinski definition) is 19. The summed E-state index contributed by atoms with van der Waals surface area (Å²) < 4.78 is 45.4. The number of hydrogen-bond donors (Lipinski definition) is 6. The lowest BCUT2D eigenvalue weighted by atomic mass is 9.99. The number of carbonyl (C=O) groups is 2. The number of aromatic nitrogens is 3. The van der Waals surface area contributed by atoms with E-state index >= 15 is 0 Å². The first kappa shape index (κ1) is 46.6. The molecule has 3 heterocycles. The summed E-state index contributed by atoms with van der Waals surface area (Å²) in [4.78, 5) is 39.3. The smallest absolute Gasteiger partial charge is 0.312 e. The number of nitrogens with zero attached hydrogens (tertiary/aromatic N) is 3. The third kappa shape index (κ3) is 12.6. The van der Waals surface area contributed by atoms with Crippen molar-refractivity contribution >= 4 is 22.9 Å². The van der Waals surface area contributed by atoms with E-state index in [0.717, 1.165) is 11.6 Å². The Balaban J connectivity index is 1.03. The second-order valence-electron chi connectivity index (χ2n) is 14.2. The molecule has 1 unspecified atom stereocenters. The van der Waals surface area contributed by atoms with Crippen LogP contribution in [0, 0.1) is 0 Å². The Kier molecular flexibility index (Phi) is 17.1. The Hall–Kier alpha value is -5.45. The molecule has 2 aromatic heterocycles. The Morgan fingerprint density at radius 3 is 2.39 bits per heavy atom. The van der Waals surface area contributed by atoms with Crippen molar-refractivity contribution in [3.05, 3.63) is 69.7 Å². The van der Waals surface area contributed by atoms with Gasteiger partial charge in [-0.25, -0.2) is 4.68 Å². The quantitative estimate of drug-likeness (QED) is 0.0372. The summed E-state index contributed by atoms with van der Waals surface area (Å²) in [5, 5.41) is 68.1. The number of esters is 2. The first-order chi connectivity index (χ1) is 29.3. The van der Waals surface area contributed by atoms with Gasteiger partial charge in [-0.15, -0.1) is 5.10 Å². The molecule has 1 saturated heterocycles. The summed E-state index contributed by atoms with van der Waals surface area (Å²) in [6, 6.07) is 7.43. The standard InChI is InChI=1S/C41H51N3O17/c1-23(2)5-10-27-28(46)19-29(47)33-35(51)40(38(61-39(27)33)24-6-8-26(54-3)9-7-24)60-32(49)12-11-31(48)57-15-4-14-56-22-25-20-44(43-42-25)13-16-55-17-18-58-41-37(53)36(52)34(50)30(21-45)59-41/h5-9,19-20,30,34,36-37,41,45-47,50,52-53H,4,10-18,21-22H2,1-3H3/t30-,34-,36+,37-,41?/m0/s1. The van der Waals surface area contributed by atoms with Crippen LogP contribution in [0.1, 0.15) is 44.4 Å². The average molecular weight is 858 g/mol. The molecule has 0 amide bonds. The fraction of sp³-hybridized carbons (Fsp3) is 0.488. The summed E-state index contributed by atoms with van der Waals surface area (Å²) in [7, 11) is 1.49. The van der Waals surface area contributed by atoms with Crippen molar-refractivity contribution < 1.29 is 77.8 Å². The van der Waals surface area contributed by atoms with Crippen LogP contribution in [0.4, 0.5) is 0 Å². The summed E-state index contributed by atoms with van der Waals surface area (Å²) in [6.45, 7) is 4.31. The van der Waals surface area contributed by atoms with Gasteiger partial charge in [-0.2, -0.15) is 0 Å². The molecule has 5 rings (SSSR count). The number of ether oxygens (including phenoxy) is 7. The molecule has 1 aliphatic heterocycles. The second kappa shape index (κ2) is 22.4. The number of rotatable bonds is 22. The maximum Gasteiger partial charge on any atom is 0.312 e. The Morgan fingerprint density at radius 2 is 1.67 bits per heavy atom. The topological polar surface area (TPSA) is 281 Å². The van der Waals surface area contributed by atoms with Gasteiger partial charge < -0.3 is 68.2 Å². The van der Waals surface area contributed by atoms with Crippen molar-refractivity contribution in [1.82, 2.24) is 15.0 Å². The molecule has 20 heteroatoms. The average Bonchev–Trinajstić information content (AvgIpc) is 3.70. The lowest BCUT2D eigenvalue weighted by Crippen LogP contribution is -2.59. The predicted molar refractivity (Wildman–Crippen MR) is 212 cm³/mol. The van der Waals surface area contributed by atoms with Gasteiger partial charge >= 0.3 is 11.9 Å². The molecule has 1 fully saturated rings. The van der Waals surface area contributed by atoms with Crippen LogP contribution in [0.2, 0.25) is 0 Å². The van der Waals surface area contributed by atoms with E-state index in [1.54, 1.807) is 35.1 Å². The number of phenols is 2. The SMILES string of the molecule is COc1ccc(-c2oc3c(CC=C(C)C)c(O)cc(O)c3c(=O)c2OC(=O)CCC(=O)OCCCOCc2cn(CCOCCOC3O[C@@H](CO)[C@H](O)[C@@H](O)[C@@H]3O)nn2)cc1. The van der Waals surface area contributed by atoms with Crippen molar-refractivity contribution in [1.29, 1.82) is 0 Å². The number of allylic oxidation sites excluding steroid dienone is 2. The molecular formula is C41H51N3O17. The lowest BCUT2D eigenvalue weighted by molar-refractivity contribution is -0.302. The molecule has 4 aromatic rings. The van der Waals surface area contributed by atoms with Crippen LogP contribution >= 0.6 is 0 Å². The minimum atomic E-state index is -1.53. The molecule has 2 aromatic carbocycles. The minimum Gasteiger partial charge on any atom is -0.507 e. The monoisotopic (exact) mass is 857 g/mol. The maximum atomic E-state index is 13.8. The fourth-order valence-electron chi connectivity index (χ4n) is 6.07. The summed E-state index contributed by atoms with van der Waals surface area (Å²) in [5.41, 5.74) is 1.15. The molecule has 1 aliphatic rings. The molecule has 0 saturated carbocycles. The predicted octanol–water partition coefficient (Wildman–Crippen LogP) is 1.65. The highest BCUT2D eigenvalue weighted by molar-refractivity contribution is 5.92. The molecular weight excluding hydrogens is 806 g/mol. The third-order valence-electron chi connectivity index (χ3n) is 9.35. The van der Waals surface area contributed by atoms with E-state index < -0.39 is 72.6 Å². The molecule has 20 nitrogen and oxygen atoms in total. The largest absolute Gasteiger partial charge is 0.507 e.